The molecule has 0 unspecified atom stereocenters. The van der Waals surface area contributed by atoms with Crippen LogP contribution in [-0.2, 0) is 4.74 Å². The monoisotopic (exact) mass is 315 g/mol. The summed E-state index contributed by atoms with van der Waals surface area (Å²) in [6.07, 6.45) is 1.96. The third kappa shape index (κ3) is 3.68. The van der Waals surface area contributed by atoms with Gasteiger partial charge in [0.2, 0.25) is 0 Å². The summed E-state index contributed by atoms with van der Waals surface area (Å²) in [7, 11) is 0. The van der Waals surface area contributed by atoms with E-state index < -0.39 is 4.92 Å². The molecular weight excluding hydrogens is 302 g/mol. The average molecular weight is 316 g/mol. The molecule has 0 atom stereocenters. The Morgan fingerprint density at radius 2 is 2.11 bits per heavy atom. The van der Waals surface area contributed by atoms with Crippen LogP contribution in [-0.4, -0.2) is 24.7 Å². The summed E-state index contributed by atoms with van der Waals surface area (Å²) < 4.78 is 11.5. The Morgan fingerprint density at radius 1 is 1.39 bits per heavy atom. The van der Waals surface area contributed by atoms with Gasteiger partial charge in [0.25, 0.3) is 5.69 Å². The molecule has 0 aliphatic carbocycles. The summed E-state index contributed by atoms with van der Waals surface area (Å²) in [5.74, 6) is 0.999. The first-order chi connectivity index (χ1) is 8.65. The molecule has 2 rings (SSSR count). The van der Waals surface area contributed by atoms with Gasteiger partial charge in [-0.2, -0.15) is 0 Å². The molecule has 98 valence electrons. The Kier molecular flexibility index (Phi) is 4.54. The first-order valence-corrected chi connectivity index (χ1v) is 6.60. The van der Waals surface area contributed by atoms with Gasteiger partial charge in [-0.05, 0) is 24.8 Å². The Labute approximate surface area is 113 Å². The highest BCUT2D eigenvalue weighted by atomic mass is 79.9. The van der Waals surface area contributed by atoms with E-state index in [1.54, 1.807) is 6.07 Å². The molecule has 1 heterocycles. The third-order valence-electron chi connectivity index (χ3n) is 2.89. The minimum Gasteiger partial charge on any atom is -0.493 e. The van der Waals surface area contributed by atoms with E-state index in [9.17, 15) is 10.1 Å². The lowest BCUT2D eigenvalue weighted by molar-refractivity contribution is -0.385. The lowest BCUT2D eigenvalue weighted by Gasteiger charge is -2.22. The van der Waals surface area contributed by atoms with E-state index in [-0.39, 0.29) is 5.69 Å². The summed E-state index contributed by atoms with van der Waals surface area (Å²) in [5.41, 5.74) is 0.0337. The highest BCUT2D eigenvalue weighted by Gasteiger charge is 2.15. The fourth-order valence-electron chi connectivity index (χ4n) is 1.86. The molecule has 0 bridgehead atoms. The number of nitro groups is 1. The van der Waals surface area contributed by atoms with Gasteiger partial charge in [0.05, 0.1) is 17.6 Å². The number of nitro benzene ring substituents is 1. The van der Waals surface area contributed by atoms with Crippen molar-refractivity contribution in [1.82, 2.24) is 0 Å². The van der Waals surface area contributed by atoms with Crippen molar-refractivity contribution < 1.29 is 14.4 Å². The number of hydrogen-bond acceptors (Lipinski definition) is 4. The van der Waals surface area contributed by atoms with Crippen molar-refractivity contribution in [3.63, 3.8) is 0 Å². The van der Waals surface area contributed by atoms with Crippen LogP contribution in [0.2, 0.25) is 0 Å². The molecule has 1 aromatic rings. The summed E-state index contributed by atoms with van der Waals surface area (Å²) in [5, 5.41) is 10.7. The van der Waals surface area contributed by atoms with Crippen LogP contribution in [0.25, 0.3) is 0 Å². The van der Waals surface area contributed by atoms with E-state index in [4.69, 9.17) is 9.47 Å². The Balaban J connectivity index is 1.97. The first kappa shape index (κ1) is 13.3. The van der Waals surface area contributed by atoms with Crippen molar-refractivity contribution in [1.29, 1.82) is 0 Å². The standard InChI is InChI=1S/C12H14BrNO4/c13-10-5-11(14(15)16)7-12(6-10)18-8-9-1-3-17-4-2-9/h5-7,9H,1-4,8H2. The molecule has 6 heteroatoms. The van der Waals surface area contributed by atoms with Gasteiger partial charge in [-0.25, -0.2) is 0 Å². The van der Waals surface area contributed by atoms with Gasteiger partial charge < -0.3 is 9.47 Å². The van der Waals surface area contributed by atoms with Crippen molar-refractivity contribution in [2.45, 2.75) is 12.8 Å². The highest BCUT2D eigenvalue weighted by molar-refractivity contribution is 9.10. The molecular formula is C12H14BrNO4. The zero-order chi connectivity index (χ0) is 13.0. The molecule has 5 nitrogen and oxygen atoms in total. The molecule has 1 aliphatic rings. The highest BCUT2D eigenvalue weighted by Crippen LogP contribution is 2.27. The Morgan fingerprint density at radius 3 is 2.78 bits per heavy atom. The van der Waals surface area contributed by atoms with Gasteiger partial charge in [0.1, 0.15) is 5.75 Å². The largest absolute Gasteiger partial charge is 0.493 e. The number of rotatable bonds is 4. The van der Waals surface area contributed by atoms with E-state index in [0.717, 1.165) is 26.1 Å². The Hall–Kier alpha value is -1.14. The number of non-ortho nitro benzene ring substituents is 1. The van der Waals surface area contributed by atoms with E-state index in [2.05, 4.69) is 15.9 Å². The second kappa shape index (κ2) is 6.15. The molecule has 1 saturated heterocycles. The van der Waals surface area contributed by atoms with Crippen molar-refractivity contribution >= 4 is 21.6 Å². The fourth-order valence-corrected chi connectivity index (χ4v) is 2.32. The SMILES string of the molecule is O=[N+]([O-])c1cc(Br)cc(OCC2CCOCC2)c1. The van der Waals surface area contributed by atoms with Crippen LogP contribution in [0.15, 0.2) is 22.7 Å². The minimum atomic E-state index is -0.425. The van der Waals surface area contributed by atoms with E-state index in [1.807, 2.05) is 0 Å². The predicted octanol–water partition coefficient (Wildman–Crippen LogP) is 3.16. The quantitative estimate of drug-likeness (QED) is 0.632. The molecule has 0 radical (unpaired) electrons. The first-order valence-electron chi connectivity index (χ1n) is 5.80. The van der Waals surface area contributed by atoms with Crippen LogP contribution in [0.3, 0.4) is 0 Å². The molecule has 0 spiro atoms. The van der Waals surface area contributed by atoms with E-state index in [1.165, 1.54) is 12.1 Å². The van der Waals surface area contributed by atoms with Gasteiger partial charge in [-0.15, -0.1) is 0 Å². The maximum atomic E-state index is 10.7. The maximum Gasteiger partial charge on any atom is 0.274 e. The van der Waals surface area contributed by atoms with Gasteiger partial charge >= 0.3 is 0 Å². The average Bonchev–Trinajstić information content (AvgIpc) is 2.37. The van der Waals surface area contributed by atoms with Gasteiger partial charge in [0.15, 0.2) is 0 Å². The van der Waals surface area contributed by atoms with Crippen molar-refractivity contribution in [2.75, 3.05) is 19.8 Å². The summed E-state index contributed by atoms with van der Waals surface area (Å²) in [6, 6.07) is 4.65. The normalized spacial score (nSPS) is 16.5. The lowest BCUT2D eigenvalue weighted by atomic mass is 10.0. The van der Waals surface area contributed by atoms with Crippen LogP contribution in [0.4, 0.5) is 5.69 Å². The topological polar surface area (TPSA) is 61.6 Å². The molecule has 0 amide bonds. The molecule has 1 fully saturated rings. The number of benzene rings is 1. The number of halogens is 1. The van der Waals surface area contributed by atoms with Crippen LogP contribution in [0, 0.1) is 16.0 Å². The summed E-state index contributed by atoms with van der Waals surface area (Å²) >= 11 is 3.24. The maximum absolute atomic E-state index is 10.7. The van der Waals surface area contributed by atoms with Crippen LogP contribution in [0.5, 0.6) is 5.75 Å². The second-order valence-electron chi connectivity index (χ2n) is 4.27. The number of nitrogens with zero attached hydrogens (tertiary/aromatic N) is 1. The summed E-state index contributed by atoms with van der Waals surface area (Å²) in [6.45, 7) is 2.12. The zero-order valence-electron chi connectivity index (χ0n) is 9.80. The van der Waals surface area contributed by atoms with Gasteiger partial charge in [0, 0.05) is 23.8 Å². The van der Waals surface area contributed by atoms with Crippen LogP contribution < -0.4 is 4.74 Å². The van der Waals surface area contributed by atoms with Crippen molar-refractivity contribution in [3.8, 4) is 5.75 Å². The lowest BCUT2D eigenvalue weighted by Crippen LogP contribution is -2.21. The van der Waals surface area contributed by atoms with Crippen molar-refractivity contribution in [3.05, 3.63) is 32.8 Å². The van der Waals surface area contributed by atoms with Crippen LogP contribution in [0.1, 0.15) is 12.8 Å². The van der Waals surface area contributed by atoms with E-state index >= 15 is 0 Å². The molecule has 1 aromatic carbocycles. The smallest absolute Gasteiger partial charge is 0.274 e. The summed E-state index contributed by atoms with van der Waals surface area (Å²) in [4.78, 5) is 10.3. The third-order valence-corrected chi connectivity index (χ3v) is 3.35. The second-order valence-corrected chi connectivity index (χ2v) is 5.18. The van der Waals surface area contributed by atoms with E-state index in [0.29, 0.717) is 22.7 Å². The van der Waals surface area contributed by atoms with Gasteiger partial charge in [-0.3, -0.25) is 10.1 Å². The van der Waals surface area contributed by atoms with Crippen LogP contribution >= 0.6 is 15.9 Å². The number of hydrogen-bond donors (Lipinski definition) is 0. The number of ether oxygens (including phenoxy) is 2. The molecule has 0 N–H and O–H groups in total. The molecule has 0 saturated carbocycles. The fraction of sp³-hybridized carbons (Fsp3) is 0.500. The molecule has 1 aliphatic heterocycles. The van der Waals surface area contributed by atoms with Gasteiger partial charge in [-0.1, -0.05) is 15.9 Å². The predicted molar refractivity (Wildman–Crippen MR) is 69.8 cm³/mol. The molecule has 0 aromatic heterocycles. The van der Waals surface area contributed by atoms with Crippen molar-refractivity contribution in [2.24, 2.45) is 5.92 Å². The molecule has 18 heavy (non-hydrogen) atoms. The minimum absolute atomic E-state index is 0.0337. The zero-order valence-corrected chi connectivity index (χ0v) is 11.4. The Bertz CT molecular complexity index is 432.